The lowest BCUT2D eigenvalue weighted by Gasteiger charge is -2.29. The molecule has 1 aromatic rings. The maximum atomic E-state index is 11.3. The molecule has 19 heavy (non-hydrogen) atoms. The summed E-state index contributed by atoms with van der Waals surface area (Å²) in [5.74, 6) is 0.879. The van der Waals surface area contributed by atoms with Gasteiger partial charge in [0.2, 0.25) is 0 Å². The second-order valence-electron chi connectivity index (χ2n) is 5.43. The molecule has 0 spiro atoms. The number of rotatable bonds is 4. The van der Waals surface area contributed by atoms with Crippen molar-refractivity contribution in [2.75, 3.05) is 11.6 Å². The van der Waals surface area contributed by atoms with Crippen LogP contribution in [0.1, 0.15) is 39.0 Å². The Hall–Kier alpha value is -1.10. The summed E-state index contributed by atoms with van der Waals surface area (Å²) in [6.07, 6.45) is 9.00. The van der Waals surface area contributed by atoms with Crippen molar-refractivity contribution in [3.05, 3.63) is 18.3 Å². The summed E-state index contributed by atoms with van der Waals surface area (Å²) in [4.78, 5) is 4.00. The van der Waals surface area contributed by atoms with Gasteiger partial charge in [0.25, 0.3) is 0 Å². The number of anilines is 1. The standard InChI is InChI=1S/C14H22N2O2S/c1-3-11-4-6-12(7-5-11)16-13-8-9-14(15-10-13)19(2,17)18/h8-12,16H,3-7H2,1-2H3. The van der Waals surface area contributed by atoms with Gasteiger partial charge in [-0.05, 0) is 43.7 Å². The van der Waals surface area contributed by atoms with Crippen molar-refractivity contribution in [1.29, 1.82) is 0 Å². The zero-order valence-corrected chi connectivity index (χ0v) is 12.4. The average Bonchev–Trinajstić information content (AvgIpc) is 2.39. The van der Waals surface area contributed by atoms with Gasteiger partial charge in [-0.15, -0.1) is 0 Å². The van der Waals surface area contributed by atoms with Crippen LogP contribution in [0.25, 0.3) is 0 Å². The van der Waals surface area contributed by atoms with Gasteiger partial charge in [0.1, 0.15) is 0 Å². The lowest BCUT2D eigenvalue weighted by Crippen LogP contribution is -2.25. The molecule has 1 heterocycles. The third kappa shape index (κ3) is 3.93. The second kappa shape index (κ2) is 5.90. The normalized spacial score (nSPS) is 24.1. The van der Waals surface area contributed by atoms with Crippen molar-refractivity contribution >= 4 is 15.5 Å². The Balaban J connectivity index is 1.94. The third-order valence-corrected chi connectivity index (χ3v) is 4.91. The Labute approximate surface area is 115 Å². The molecule has 1 aromatic heterocycles. The molecule has 1 saturated carbocycles. The van der Waals surface area contributed by atoms with Crippen LogP contribution < -0.4 is 5.32 Å². The summed E-state index contributed by atoms with van der Waals surface area (Å²) in [6, 6.07) is 3.86. The summed E-state index contributed by atoms with van der Waals surface area (Å²) < 4.78 is 22.6. The SMILES string of the molecule is CCC1CCC(Nc2ccc(S(C)(=O)=O)nc2)CC1. The minimum atomic E-state index is -3.20. The fourth-order valence-corrected chi connectivity index (χ4v) is 3.20. The van der Waals surface area contributed by atoms with Gasteiger partial charge < -0.3 is 5.32 Å². The molecule has 5 heteroatoms. The van der Waals surface area contributed by atoms with Gasteiger partial charge in [-0.2, -0.15) is 0 Å². The van der Waals surface area contributed by atoms with Crippen LogP contribution in [0.2, 0.25) is 0 Å². The van der Waals surface area contributed by atoms with Crippen LogP contribution >= 0.6 is 0 Å². The number of nitrogens with one attached hydrogen (secondary N) is 1. The molecule has 0 unspecified atom stereocenters. The van der Waals surface area contributed by atoms with E-state index in [1.165, 1.54) is 38.4 Å². The summed E-state index contributed by atoms with van der Waals surface area (Å²) in [5.41, 5.74) is 0.910. The predicted molar refractivity (Wildman–Crippen MR) is 77.0 cm³/mol. The highest BCUT2D eigenvalue weighted by Gasteiger charge is 2.19. The Morgan fingerprint density at radius 1 is 1.26 bits per heavy atom. The highest BCUT2D eigenvalue weighted by molar-refractivity contribution is 7.90. The van der Waals surface area contributed by atoms with Crippen molar-refractivity contribution in [2.45, 2.75) is 50.1 Å². The Bertz CT molecular complexity index is 503. The largest absolute Gasteiger partial charge is 0.381 e. The molecule has 0 saturated heterocycles. The summed E-state index contributed by atoms with van der Waals surface area (Å²) >= 11 is 0. The van der Waals surface area contributed by atoms with E-state index in [2.05, 4.69) is 17.2 Å². The maximum Gasteiger partial charge on any atom is 0.192 e. The van der Waals surface area contributed by atoms with E-state index < -0.39 is 9.84 Å². The smallest absolute Gasteiger partial charge is 0.192 e. The van der Waals surface area contributed by atoms with Gasteiger partial charge >= 0.3 is 0 Å². The van der Waals surface area contributed by atoms with Crippen molar-refractivity contribution in [1.82, 2.24) is 4.98 Å². The van der Waals surface area contributed by atoms with Crippen molar-refractivity contribution in [3.8, 4) is 0 Å². The highest BCUT2D eigenvalue weighted by atomic mass is 32.2. The van der Waals surface area contributed by atoms with E-state index in [1.807, 2.05) is 0 Å². The first-order valence-electron chi connectivity index (χ1n) is 6.91. The molecule has 0 radical (unpaired) electrons. The molecule has 0 amide bonds. The molecule has 106 valence electrons. The number of hydrogen-bond donors (Lipinski definition) is 1. The maximum absolute atomic E-state index is 11.3. The van der Waals surface area contributed by atoms with Gasteiger partial charge in [-0.25, -0.2) is 13.4 Å². The zero-order valence-electron chi connectivity index (χ0n) is 11.6. The van der Waals surface area contributed by atoms with E-state index in [1.54, 1.807) is 18.3 Å². The van der Waals surface area contributed by atoms with Crippen LogP contribution in [0.5, 0.6) is 0 Å². The fraction of sp³-hybridized carbons (Fsp3) is 0.643. The molecule has 0 aromatic carbocycles. The van der Waals surface area contributed by atoms with Crippen molar-refractivity contribution in [3.63, 3.8) is 0 Å². The van der Waals surface area contributed by atoms with Gasteiger partial charge in [-0.3, -0.25) is 0 Å². The Morgan fingerprint density at radius 3 is 2.42 bits per heavy atom. The van der Waals surface area contributed by atoms with E-state index in [9.17, 15) is 8.42 Å². The topological polar surface area (TPSA) is 59.1 Å². The summed E-state index contributed by atoms with van der Waals surface area (Å²) in [6.45, 7) is 2.26. The molecular weight excluding hydrogens is 260 g/mol. The lowest BCUT2D eigenvalue weighted by molar-refractivity contribution is 0.330. The third-order valence-electron chi connectivity index (χ3n) is 3.91. The van der Waals surface area contributed by atoms with Gasteiger partial charge in [0.15, 0.2) is 14.9 Å². The summed E-state index contributed by atoms with van der Waals surface area (Å²) in [7, 11) is -3.20. The van der Waals surface area contributed by atoms with E-state index in [0.29, 0.717) is 6.04 Å². The molecule has 1 fully saturated rings. The van der Waals surface area contributed by atoms with Crippen LogP contribution in [0, 0.1) is 5.92 Å². The number of aromatic nitrogens is 1. The summed E-state index contributed by atoms with van der Waals surface area (Å²) in [5, 5.41) is 3.58. The van der Waals surface area contributed by atoms with E-state index in [-0.39, 0.29) is 5.03 Å². The molecular formula is C14H22N2O2S. The Morgan fingerprint density at radius 2 is 1.95 bits per heavy atom. The van der Waals surface area contributed by atoms with Crippen molar-refractivity contribution in [2.24, 2.45) is 5.92 Å². The number of nitrogens with zero attached hydrogens (tertiary/aromatic N) is 1. The fourth-order valence-electron chi connectivity index (χ4n) is 2.64. The minimum absolute atomic E-state index is 0.132. The molecule has 0 atom stereocenters. The number of pyridine rings is 1. The molecule has 0 bridgehead atoms. The van der Waals surface area contributed by atoms with E-state index in [0.717, 1.165) is 11.6 Å². The van der Waals surface area contributed by atoms with Crippen LogP contribution in [0.3, 0.4) is 0 Å². The predicted octanol–water partition coefficient (Wildman–Crippen LogP) is 2.87. The molecule has 4 nitrogen and oxygen atoms in total. The molecule has 2 rings (SSSR count). The first-order chi connectivity index (χ1) is 8.99. The van der Waals surface area contributed by atoms with Crippen LogP contribution in [-0.2, 0) is 9.84 Å². The monoisotopic (exact) mass is 282 g/mol. The van der Waals surface area contributed by atoms with E-state index >= 15 is 0 Å². The van der Waals surface area contributed by atoms with Gasteiger partial charge in [-0.1, -0.05) is 13.3 Å². The number of hydrogen-bond acceptors (Lipinski definition) is 4. The highest BCUT2D eigenvalue weighted by Crippen LogP contribution is 2.28. The molecule has 0 aliphatic heterocycles. The minimum Gasteiger partial charge on any atom is -0.381 e. The quantitative estimate of drug-likeness (QED) is 0.922. The first-order valence-corrected chi connectivity index (χ1v) is 8.81. The first kappa shape index (κ1) is 14.3. The van der Waals surface area contributed by atoms with Gasteiger partial charge in [0.05, 0.1) is 11.9 Å². The van der Waals surface area contributed by atoms with E-state index in [4.69, 9.17) is 0 Å². The number of sulfone groups is 1. The Kier molecular flexibility index (Phi) is 4.45. The molecule has 1 aliphatic carbocycles. The second-order valence-corrected chi connectivity index (χ2v) is 7.39. The van der Waals surface area contributed by atoms with Crippen molar-refractivity contribution < 1.29 is 8.42 Å². The van der Waals surface area contributed by atoms with Crippen LogP contribution in [-0.4, -0.2) is 25.7 Å². The lowest BCUT2D eigenvalue weighted by atomic mass is 9.84. The van der Waals surface area contributed by atoms with Gasteiger partial charge in [0, 0.05) is 12.3 Å². The van der Waals surface area contributed by atoms with Crippen LogP contribution in [0.15, 0.2) is 23.4 Å². The zero-order chi connectivity index (χ0) is 13.9. The molecule has 1 aliphatic rings. The average molecular weight is 282 g/mol. The van der Waals surface area contributed by atoms with Crippen LogP contribution in [0.4, 0.5) is 5.69 Å². The molecule has 1 N–H and O–H groups in total.